The van der Waals surface area contributed by atoms with Crippen molar-refractivity contribution in [3.8, 4) is 0 Å². The van der Waals surface area contributed by atoms with Gasteiger partial charge in [0.1, 0.15) is 0 Å². The van der Waals surface area contributed by atoms with E-state index in [2.05, 4.69) is 71.9 Å². The number of unbranched alkanes of at least 4 members (excludes halogenated alkanes) is 5. The smallest absolute Gasteiger partial charge is 0.220 e. The van der Waals surface area contributed by atoms with Crippen molar-refractivity contribution in [2.24, 2.45) is 10.8 Å². The molecule has 0 aromatic rings. The lowest BCUT2D eigenvalue weighted by atomic mass is 9.85. The zero-order valence-electron chi connectivity index (χ0n) is 21.0. The van der Waals surface area contributed by atoms with Crippen LogP contribution in [-0.2, 0) is 4.79 Å². The molecule has 0 unspecified atom stereocenters. The molecule has 0 saturated carbocycles. The van der Waals surface area contributed by atoms with E-state index < -0.39 is 0 Å². The van der Waals surface area contributed by atoms with Crippen molar-refractivity contribution in [1.29, 1.82) is 0 Å². The topological polar surface area (TPSA) is 41.1 Å². The number of carbonyl (C=O) groups excluding carboxylic acids is 1. The third-order valence-electron chi connectivity index (χ3n) is 5.73. The number of amides is 1. The maximum atomic E-state index is 11.9. The summed E-state index contributed by atoms with van der Waals surface area (Å²) in [5, 5.41) is 6.48. The van der Waals surface area contributed by atoms with Crippen LogP contribution in [0, 0.1) is 10.8 Å². The van der Waals surface area contributed by atoms with Gasteiger partial charge in [0.2, 0.25) is 5.91 Å². The number of carbonyl (C=O) groups is 1. The Morgan fingerprint density at radius 1 is 0.633 bits per heavy atom. The van der Waals surface area contributed by atoms with Crippen molar-refractivity contribution in [3.05, 3.63) is 36.6 Å². The van der Waals surface area contributed by atoms with Crippen LogP contribution in [0.2, 0.25) is 0 Å². The molecule has 0 aromatic carbocycles. The standard InChI is InChI=1S/C27H50N2O/c1-22(26(4,5)6)17-16-18-25(30)29-20-15-13-11-10-12-14-19-28-24(3)21-23(2)27(7,8)9/h28H,1-3,10-21H2,4-9H3,(H,29,30). The molecule has 0 radical (unpaired) electrons. The molecule has 3 heteroatoms. The van der Waals surface area contributed by atoms with Crippen LogP contribution in [0.25, 0.3) is 0 Å². The average Bonchev–Trinajstić information content (AvgIpc) is 2.61. The van der Waals surface area contributed by atoms with E-state index in [-0.39, 0.29) is 16.7 Å². The van der Waals surface area contributed by atoms with Gasteiger partial charge in [-0.05, 0) is 36.5 Å². The van der Waals surface area contributed by atoms with Gasteiger partial charge in [-0.2, -0.15) is 0 Å². The predicted molar refractivity (Wildman–Crippen MR) is 134 cm³/mol. The normalized spacial score (nSPS) is 11.8. The van der Waals surface area contributed by atoms with Gasteiger partial charge in [0.15, 0.2) is 0 Å². The van der Waals surface area contributed by atoms with Crippen LogP contribution in [-0.4, -0.2) is 19.0 Å². The minimum atomic E-state index is 0.141. The summed E-state index contributed by atoms with van der Waals surface area (Å²) in [6.07, 6.45) is 10.5. The molecule has 0 aliphatic rings. The second kappa shape index (κ2) is 14.5. The number of hydrogen-bond donors (Lipinski definition) is 2. The summed E-state index contributed by atoms with van der Waals surface area (Å²) in [6, 6.07) is 0. The van der Waals surface area contributed by atoms with Gasteiger partial charge >= 0.3 is 0 Å². The van der Waals surface area contributed by atoms with Gasteiger partial charge in [0.05, 0.1) is 0 Å². The second-order valence-electron chi connectivity index (χ2n) is 10.7. The Balaban J connectivity index is 3.52. The van der Waals surface area contributed by atoms with E-state index >= 15 is 0 Å². The van der Waals surface area contributed by atoms with Crippen molar-refractivity contribution in [2.45, 2.75) is 106 Å². The fraction of sp³-hybridized carbons (Fsp3) is 0.741. The van der Waals surface area contributed by atoms with Crippen molar-refractivity contribution < 1.29 is 4.79 Å². The molecule has 0 rings (SSSR count). The van der Waals surface area contributed by atoms with Crippen molar-refractivity contribution in [3.63, 3.8) is 0 Å². The first-order chi connectivity index (χ1) is 13.8. The maximum absolute atomic E-state index is 11.9. The molecule has 0 atom stereocenters. The summed E-state index contributed by atoms with van der Waals surface area (Å²) >= 11 is 0. The first-order valence-electron chi connectivity index (χ1n) is 11.9. The first-order valence-corrected chi connectivity index (χ1v) is 11.9. The summed E-state index contributed by atoms with van der Waals surface area (Å²) in [7, 11) is 0. The van der Waals surface area contributed by atoms with Crippen LogP contribution in [0.15, 0.2) is 36.6 Å². The predicted octanol–water partition coefficient (Wildman–Crippen LogP) is 7.31. The summed E-state index contributed by atoms with van der Waals surface area (Å²) < 4.78 is 0. The Bertz CT molecular complexity index is 546. The molecule has 0 fully saturated rings. The van der Waals surface area contributed by atoms with Crippen LogP contribution in [0.3, 0.4) is 0 Å². The maximum Gasteiger partial charge on any atom is 0.220 e. The minimum Gasteiger partial charge on any atom is -0.389 e. The third-order valence-corrected chi connectivity index (χ3v) is 5.73. The Labute approximate surface area is 187 Å². The zero-order chi connectivity index (χ0) is 23.2. The zero-order valence-corrected chi connectivity index (χ0v) is 21.0. The molecular weight excluding hydrogens is 368 g/mol. The highest BCUT2D eigenvalue weighted by molar-refractivity contribution is 5.75. The van der Waals surface area contributed by atoms with Crippen LogP contribution in [0.1, 0.15) is 106 Å². The lowest BCUT2D eigenvalue weighted by Gasteiger charge is -2.23. The second-order valence-corrected chi connectivity index (χ2v) is 10.7. The summed E-state index contributed by atoms with van der Waals surface area (Å²) in [5.41, 5.74) is 3.81. The fourth-order valence-electron chi connectivity index (χ4n) is 2.96. The lowest BCUT2D eigenvalue weighted by molar-refractivity contribution is -0.121. The van der Waals surface area contributed by atoms with Gasteiger partial charge in [0, 0.05) is 31.6 Å². The molecule has 0 spiro atoms. The number of nitrogens with one attached hydrogen (secondary N) is 2. The molecular formula is C27H50N2O. The lowest BCUT2D eigenvalue weighted by Crippen LogP contribution is -2.24. The van der Waals surface area contributed by atoms with Crippen LogP contribution in [0.5, 0.6) is 0 Å². The van der Waals surface area contributed by atoms with E-state index in [9.17, 15) is 4.79 Å². The summed E-state index contributed by atoms with van der Waals surface area (Å²) in [5.74, 6) is 0.178. The summed E-state index contributed by atoms with van der Waals surface area (Å²) in [4.78, 5) is 11.9. The van der Waals surface area contributed by atoms with Crippen molar-refractivity contribution in [2.75, 3.05) is 13.1 Å². The van der Waals surface area contributed by atoms with E-state index in [1.54, 1.807) is 0 Å². The van der Waals surface area contributed by atoms with Gasteiger partial charge in [0.25, 0.3) is 0 Å². The summed E-state index contributed by atoms with van der Waals surface area (Å²) in [6.45, 7) is 27.3. The Morgan fingerprint density at radius 3 is 1.60 bits per heavy atom. The van der Waals surface area contributed by atoms with Gasteiger partial charge < -0.3 is 10.6 Å². The van der Waals surface area contributed by atoms with E-state index in [0.29, 0.717) is 6.42 Å². The van der Waals surface area contributed by atoms with E-state index in [0.717, 1.165) is 44.5 Å². The molecule has 174 valence electrons. The largest absolute Gasteiger partial charge is 0.389 e. The Morgan fingerprint density at radius 2 is 1.10 bits per heavy atom. The van der Waals surface area contributed by atoms with Gasteiger partial charge in [-0.3, -0.25) is 4.79 Å². The molecule has 0 saturated heterocycles. The monoisotopic (exact) mass is 418 g/mol. The fourth-order valence-corrected chi connectivity index (χ4v) is 2.96. The molecule has 0 aliphatic heterocycles. The number of rotatable bonds is 16. The molecule has 1 amide bonds. The molecule has 0 aliphatic carbocycles. The minimum absolute atomic E-state index is 0.141. The van der Waals surface area contributed by atoms with Crippen LogP contribution in [0.4, 0.5) is 0 Å². The molecule has 30 heavy (non-hydrogen) atoms. The van der Waals surface area contributed by atoms with E-state index in [4.69, 9.17) is 0 Å². The van der Waals surface area contributed by atoms with Crippen LogP contribution >= 0.6 is 0 Å². The van der Waals surface area contributed by atoms with E-state index in [1.165, 1.54) is 43.3 Å². The van der Waals surface area contributed by atoms with Gasteiger partial charge in [-0.15, -0.1) is 0 Å². The molecule has 0 heterocycles. The Kier molecular flexibility index (Phi) is 13.8. The molecule has 0 aromatic heterocycles. The molecule has 0 bridgehead atoms. The van der Waals surface area contributed by atoms with Crippen LogP contribution < -0.4 is 10.6 Å². The van der Waals surface area contributed by atoms with Gasteiger partial charge in [-0.25, -0.2) is 0 Å². The van der Waals surface area contributed by atoms with Crippen molar-refractivity contribution >= 4 is 5.91 Å². The number of allylic oxidation sites excluding steroid dienone is 2. The quantitative estimate of drug-likeness (QED) is 0.204. The first kappa shape index (κ1) is 28.5. The highest BCUT2D eigenvalue weighted by Crippen LogP contribution is 2.28. The van der Waals surface area contributed by atoms with Gasteiger partial charge in [-0.1, -0.05) is 98.1 Å². The van der Waals surface area contributed by atoms with E-state index in [1.807, 2.05) is 0 Å². The van der Waals surface area contributed by atoms with Crippen molar-refractivity contribution in [1.82, 2.24) is 10.6 Å². The SMILES string of the molecule is C=C(CC(=C)C(C)(C)C)NCCCCCCCCNC(=O)CCCC(=C)C(C)(C)C. The highest BCUT2D eigenvalue weighted by Gasteiger charge is 2.15. The average molecular weight is 419 g/mol. The third kappa shape index (κ3) is 15.3. The molecule has 2 N–H and O–H groups in total. The highest BCUT2D eigenvalue weighted by atomic mass is 16.1. The number of hydrogen-bond acceptors (Lipinski definition) is 2. The molecule has 3 nitrogen and oxygen atoms in total. The Hall–Kier alpha value is -1.51.